The summed E-state index contributed by atoms with van der Waals surface area (Å²) in [6.45, 7) is 7.97. The van der Waals surface area contributed by atoms with Crippen LogP contribution in [0.2, 0.25) is 0 Å². The molecule has 0 spiro atoms. The fourth-order valence-electron chi connectivity index (χ4n) is 4.53. The molecule has 2 aliphatic rings. The maximum absolute atomic E-state index is 12.0. The van der Waals surface area contributed by atoms with Gasteiger partial charge in [0.25, 0.3) is 0 Å². The van der Waals surface area contributed by atoms with E-state index < -0.39 is 5.60 Å². The van der Waals surface area contributed by atoms with Crippen molar-refractivity contribution in [3.8, 4) is 0 Å². The summed E-state index contributed by atoms with van der Waals surface area (Å²) in [6.07, 6.45) is 6.53. The Bertz CT molecular complexity index is 491. The Labute approximate surface area is 133 Å². The molecule has 0 saturated heterocycles. The molecule has 4 heteroatoms. The minimum atomic E-state index is -0.834. The lowest BCUT2D eigenvalue weighted by atomic mass is 9.54. The molecule has 0 bridgehead atoms. The summed E-state index contributed by atoms with van der Waals surface area (Å²) in [6, 6.07) is 0. The topological polar surface area (TPSA) is 52.6 Å². The molecule has 124 valence electrons. The summed E-state index contributed by atoms with van der Waals surface area (Å²) in [5.41, 5.74) is 0.355. The smallest absolute Gasteiger partial charge is 0.309 e. The molecular formula is C18H28O4. The fourth-order valence-corrected chi connectivity index (χ4v) is 4.53. The number of rotatable bonds is 3. The average Bonchev–Trinajstić information content (AvgIpc) is 2.42. The van der Waals surface area contributed by atoms with Crippen LogP contribution in [0.25, 0.3) is 0 Å². The van der Waals surface area contributed by atoms with Crippen molar-refractivity contribution >= 4 is 11.9 Å². The largest absolute Gasteiger partial charge is 0.469 e. The molecule has 2 rings (SSSR count). The summed E-state index contributed by atoms with van der Waals surface area (Å²) < 4.78 is 10.7. The van der Waals surface area contributed by atoms with Gasteiger partial charge in [-0.25, -0.2) is 0 Å². The van der Waals surface area contributed by atoms with Gasteiger partial charge in [0.15, 0.2) is 0 Å². The van der Waals surface area contributed by atoms with E-state index in [0.29, 0.717) is 5.92 Å². The quantitative estimate of drug-likeness (QED) is 0.590. The summed E-state index contributed by atoms with van der Waals surface area (Å²) in [7, 11) is 1.38. The number of ether oxygens (including phenoxy) is 2. The van der Waals surface area contributed by atoms with Gasteiger partial charge < -0.3 is 9.47 Å². The van der Waals surface area contributed by atoms with Gasteiger partial charge in [-0.05, 0) is 43.1 Å². The zero-order valence-corrected chi connectivity index (χ0v) is 14.4. The molecule has 0 aliphatic heterocycles. The van der Waals surface area contributed by atoms with Crippen molar-refractivity contribution in [3.63, 3.8) is 0 Å². The summed E-state index contributed by atoms with van der Waals surface area (Å²) in [5.74, 6) is -0.0445. The number of methoxy groups -OCH3 is 1. The molecule has 0 heterocycles. The molecule has 0 radical (unpaired) electrons. The standard InChI is InChI=1S/C18H28O4/c1-12-8-9-14-15(7-6-10-17(14,3)4)18(12,22-13(2)19)11-16(20)21-5/h8,14-15H,6-7,9-11H2,1-5H3/t14-,15-,18-/m0/s1. The molecule has 0 aromatic heterocycles. The zero-order chi connectivity index (χ0) is 16.5. The van der Waals surface area contributed by atoms with Gasteiger partial charge in [-0.2, -0.15) is 0 Å². The van der Waals surface area contributed by atoms with Crippen LogP contribution in [0, 0.1) is 17.3 Å². The molecular weight excluding hydrogens is 280 g/mol. The van der Waals surface area contributed by atoms with Crippen molar-refractivity contribution in [3.05, 3.63) is 11.6 Å². The first-order valence-corrected chi connectivity index (χ1v) is 8.16. The SMILES string of the molecule is COC(=O)C[C@]1(OC(C)=O)C(C)=CC[C@H]2[C@@H]1CCCC2(C)C. The first kappa shape index (κ1) is 17.0. The number of fused-ring (bicyclic) bond motifs is 1. The third-order valence-electron chi connectivity index (χ3n) is 5.73. The average molecular weight is 308 g/mol. The highest BCUT2D eigenvalue weighted by Gasteiger charge is 2.55. The number of carbonyl (C=O) groups is 2. The Balaban J connectivity index is 2.47. The second-order valence-corrected chi connectivity index (χ2v) is 7.45. The Hall–Kier alpha value is -1.32. The van der Waals surface area contributed by atoms with Crippen LogP contribution in [-0.4, -0.2) is 24.6 Å². The molecule has 0 aromatic rings. The van der Waals surface area contributed by atoms with Crippen molar-refractivity contribution in [1.82, 2.24) is 0 Å². The molecule has 0 N–H and O–H groups in total. The van der Waals surface area contributed by atoms with Crippen LogP contribution in [0.1, 0.15) is 59.8 Å². The molecule has 22 heavy (non-hydrogen) atoms. The third-order valence-corrected chi connectivity index (χ3v) is 5.73. The predicted octanol–water partition coefficient (Wildman–Crippen LogP) is 3.64. The van der Waals surface area contributed by atoms with Crippen molar-refractivity contribution in [2.45, 2.75) is 65.4 Å². The molecule has 1 saturated carbocycles. The number of hydrogen-bond acceptors (Lipinski definition) is 4. The Morgan fingerprint density at radius 1 is 1.32 bits per heavy atom. The molecule has 0 aromatic carbocycles. The maximum atomic E-state index is 12.0. The maximum Gasteiger partial charge on any atom is 0.309 e. The van der Waals surface area contributed by atoms with Crippen LogP contribution in [0.4, 0.5) is 0 Å². The van der Waals surface area contributed by atoms with Gasteiger partial charge in [-0.3, -0.25) is 9.59 Å². The lowest BCUT2D eigenvalue weighted by molar-refractivity contribution is -0.174. The van der Waals surface area contributed by atoms with E-state index in [0.717, 1.165) is 24.8 Å². The van der Waals surface area contributed by atoms with Gasteiger partial charge in [-0.15, -0.1) is 0 Å². The van der Waals surface area contributed by atoms with Crippen LogP contribution < -0.4 is 0 Å². The molecule has 0 unspecified atom stereocenters. The van der Waals surface area contributed by atoms with Gasteiger partial charge in [0.05, 0.1) is 13.5 Å². The first-order valence-electron chi connectivity index (χ1n) is 8.16. The van der Waals surface area contributed by atoms with Crippen molar-refractivity contribution in [2.24, 2.45) is 17.3 Å². The van der Waals surface area contributed by atoms with Gasteiger partial charge in [0.2, 0.25) is 0 Å². The Kier molecular flexibility index (Phi) is 4.69. The zero-order valence-electron chi connectivity index (χ0n) is 14.4. The van der Waals surface area contributed by atoms with Crippen molar-refractivity contribution in [1.29, 1.82) is 0 Å². The highest BCUT2D eigenvalue weighted by atomic mass is 16.6. The second kappa shape index (κ2) is 6.05. The molecule has 1 fully saturated rings. The Morgan fingerprint density at radius 2 is 2.00 bits per heavy atom. The molecule has 3 atom stereocenters. The predicted molar refractivity (Wildman–Crippen MR) is 84.1 cm³/mol. The van der Waals surface area contributed by atoms with E-state index in [4.69, 9.17) is 9.47 Å². The normalized spacial score (nSPS) is 33.4. The lowest BCUT2D eigenvalue weighted by Crippen LogP contribution is -2.54. The number of esters is 2. The minimum Gasteiger partial charge on any atom is -0.469 e. The van der Waals surface area contributed by atoms with Crippen LogP contribution in [0.5, 0.6) is 0 Å². The summed E-state index contributed by atoms with van der Waals surface area (Å²) >= 11 is 0. The number of hydrogen-bond donors (Lipinski definition) is 0. The van der Waals surface area contributed by atoms with Gasteiger partial charge in [-0.1, -0.05) is 26.3 Å². The van der Waals surface area contributed by atoms with Gasteiger partial charge in [0.1, 0.15) is 5.60 Å². The van der Waals surface area contributed by atoms with Crippen LogP contribution in [0.15, 0.2) is 11.6 Å². The van der Waals surface area contributed by atoms with E-state index >= 15 is 0 Å². The summed E-state index contributed by atoms with van der Waals surface area (Å²) in [5, 5.41) is 0. The highest BCUT2D eigenvalue weighted by Crippen LogP contribution is 2.55. The van der Waals surface area contributed by atoms with Gasteiger partial charge >= 0.3 is 11.9 Å². The van der Waals surface area contributed by atoms with Crippen LogP contribution >= 0.6 is 0 Å². The van der Waals surface area contributed by atoms with E-state index in [1.54, 1.807) is 0 Å². The minimum absolute atomic E-state index is 0.114. The first-order chi connectivity index (χ1) is 10.2. The van der Waals surface area contributed by atoms with E-state index in [2.05, 4.69) is 19.9 Å². The van der Waals surface area contributed by atoms with Crippen molar-refractivity contribution in [2.75, 3.05) is 7.11 Å². The van der Waals surface area contributed by atoms with E-state index in [9.17, 15) is 9.59 Å². The number of carbonyl (C=O) groups excluding carboxylic acids is 2. The van der Waals surface area contributed by atoms with Crippen LogP contribution in [-0.2, 0) is 19.1 Å². The molecule has 2 aliphatic carbocycles. The lowest BCUT2D eigenvalue weighted by Gasteiger charge is -2.54. The Morgan fingerprint density at radius 3 is 2.59 bits per heavy atom. The third kappa shape index (κ3) is 2.92. The van der Waals surface area contributed by atoms with Crippen LogP contribution in [0.3, 0.4) is 0 Å². The number of allylic oxidation sites excluding steroid dienone is 1. The monoisotopic (exact) mass is 308 g/mol. The van der Waals surface area contributed by atoms with E-state index in [1.807, 2.05) is 6.92 Å². The van der Waals surface area contributed by atoms with Gasteiger partial charge in [0, 0.05) is 12.8 Å². The fraction of sp³-hybridized carbons (Fsp3) is 0.778. The molecule has 0 amide bonds. The van der Waals surface area contributed by atoms with E-state index in [-0.39, 0.29) is 29.7 Å². The van der Waals surface area contributed by atoms with E-state index in [1.165, 1.54) is 20.5 Å². The summed E-state index contributed by atoms with van der Waals surface area (Å²) in [4.78, 5) is 23.8. The second-order valence-electron chi connectivity index (χ2n) is 7.45. The van der Waals surface area contributed by atoms with Crippen molar-refractivity contribution < 1.29 is 19.1 Å². The highest BCUT2D eigenvalue weighted by molar-refractivity contribution is 5.74. The molecule has 4 nitrogen and oxygen atoms in total.